The lowest BCUT2D eigenvalue weighted by Crippen LogP contribution is -2.16. The molecule has 2 rings (SSSR count). The second-order valence-corrected chi connectivity index (χ2v) is 5.86. The zero-order chi connectivity index (χ0) is 14.8. The first kappa shape index (κ1) is 14.8. The van der Waals surface area contributed by atoms with Crippen molar-refractivity contribution in [3.05, 3.63) is 46.9 Å². The van der Waals surface area contributed by atoms with E-state index in [1.54, 1.807) is 18.2 Å². The summed E-state index contributed by atoms with van der Waals surface area (Å²) < 4.78 is 5.72. The maximum Gasteiger partial charge on any atom is 0.224 e. The smallest absolute Gasteiger partial charge is 0.224 e. The van der Waals surface area contributed by atoms with Crippen LogP contribution in [0.15, 0.2) is 30.3 Å². The van der Waals surface area contributed by atoms with Crippen molar-refractivity contribution in [2.24, 2.45) is 0 Å². The van der Waals surface area contributed by atoms with E-state index in [0.717, 1.165) is 0 Å². The second-order valence-electron chi connectivity index (χ2n) is 5.47. The molecule has 0 fully saturated rings. The molecule has 0 unspecified atom stereocenters. The van der Waals surface area contributed by atoms with Crippen molar-refractivity contribution in [1.29, 1.82) is 0 Å². The number of hydrogen-bond donors (Lipinski definition) is 1. The number of ether oxygens (including phenoxy) is 1. The zero-order valence-corrected chi connectivity index (χ0v) is 12.5. The van der Waals surface area contributed by atoms with Crippen LogP contribution in [0.1, 0.15) is 32.2 Å². The molecule has 106 valence electrons. The molecular formula is C15H17ClN2O2. The maximum atomic E-state index is 9.30. The molecule has 1 aromatic heterocycles. The van der Waals surface area contributed by atoms with E-state index >= 15 is 0 Å². The fourth-order valence-corrected chi connectivity index (χ4v) is 1.80. The first-order valence-electron chi connectivity index (χ1n) is 6.32. The van der Waals surface area contributed by atoms with Crippen LogP contribution in [0.2, 0.25) is 5.15 Å². The minimum atomic E-state index is -0.223. The molecule has 20 heavy (non-hydrogen) atoms. The van der Waals surface area contributed by atoms with E-state index in [1.165, 1.54) is 0 Å². The van der Waals surface area contributed by atoms with Gasteiger partial charge in [-0.15, -0.1) is 0 Å². The average molecular weight is 293 g/mol. The van der Waals surface area contributed by atoms with Crippen LogP contribution in [0.3, 0.4) is 0 Å². The topological polar surface area (TPSA) is 55.2 Å². The van der Waals surface area contributed by atoms with Gasteiger partial charge in [-0.25, -0.2) is 4.98 Å². The Kier molecular flexibility index (Phi) is 4.26. The number of rotatable bonds is 3. The molecule has 4 nitrogen and oxygen atoms in total. The number of hydrogen-bond acceptors (Lipinski definition) is 4. The van der Waals surface area contributed by atoms with Gasteiger partial charge in [-0.05, 0) is 6.07 Å². The average Bonchev–Trinajstić information content (AvgIpc) is 2.37. The molecule has 0 amide bonds. The van der Waals surface area contributed by atoms with Crippen LogP contribution in [0, 0.1) is 0 Å². The van der Waals surface area contributed by atoms with E-state index in [4.69, 9.17) is 16.3 Å². The van der Waals surface area contributed by atoms with Gasteiger partial charge in [0.25, 0.3) is 0 Å². The molecule has 1 aromatic carbocycles. The molecule has 2 aromatic rings. The van der Waals surface area contributed by atoms with E-state index in [9.17, 15) is 5.11 Å². The summed E-state index contributed by atoms with van der Waals surface area (Å²) in [5.41, 5.74) is 0.471. The van der Waals surface area contributed by atoms with Crippen molar-refractivity contribution in [3.63, 3.8) is 0 Å². The van der Waals surface area contributed by atoms with Crippen LogP contribution in [-0.4, -0.2) is 15.1 Å². The summed E-state index contributed by atoms with van der Waals surface area (Å²) in [6.45, 7) is 5.92. The third kappa shape index (κ3) is 3.46. The molecule has 0 spiro atoms. The number of para-hydroxylation sites is 1. The fraction of sp³-hybridized carbons (Fsp3) is 0.333. The standard InChI is InChI=1S/C15H17ClN2O2/c1-15(2,3)14-17-12(16)8-13(18-14)20-11-7-5-4-6-10(11)9-19/h4-8,19H,9H2,1-3H3. The van der Waals surface area contributed by atoms with Crippen molar-refractivity contribution in [2.45, 2.75) is 32.8 Å². The van der Waals surface area contributed by atoms with Gasteiger partial charge in [0, 0.05) is 17.0 Å². The minimum Gasteiger partial charge on any atom is -0.438 e. The molecule has 0 saturated carbocycles. The van der Waals surface area contributed by atoms with Gasteiger partial charge in [-0.1, -0.05) is 50.6 Å². The third-order valence-electron chi connectivity index (χ3n) is 2.70. The summed E-state index contributed by atoms with van der Waals surface area (Å²) in [6.07, 6.45) is 0. The predicted octanol–water partition coefficient (Wildman–Crippen LogP) is 3.71. The van der Waals surface area contributed by atoms with E-state index in [1.807, 2.05) is 32.9 Å². The number of aromatic nitrogens is 2. The lowest BCUT2D eigenvalue weighted by Gasteiger charge is -2.17. The maximum absolute atomic E-state index is 9.30. The Labute approximate surface area is 123 Å². The first-order valence-corrected chi connectivity index (χ1v) is 6.69. The monoisotopic (exact) mass is 292 g/mol. The van der Waals surface area contributed by atoms with Crippen LogP contribution in [0.5, 0.6) is 11.6 Å². The van der Waals surface area contributed by atoms with E-state index in [0.29, 0.717) is 28.2 Å². The number of nitrogens with zero attached hydrogens (tertiary/aromatic N) is 2. The first-order chi connectivity index (χ1) is 9.40. The molecule has 0 radical (unpaired) electrons. The number of aliphatic hydroxyl groups is 1. The quantitative estimate of drug-likeness (QED) is 0.876. The van der Waals surface area contributed by atoms with E-state index in [-0.39, 0.29) is 12.0 Å². The Bertz CT molecular complexity index is 609. The van der Waals surface area contributed by atoms with Gasteiger partial charge in [-0.3, -0.25) is 0 Å². The molecule has 1 heterocycles. The Morgan fingerprint density at radius 3 is 2.55 bits per heavy atom. The number of aliphatic hydroxyl groups excluding tert-OH is 1. The summed E-state index contributed by atoms with van der Waals surface area (Å²) in [5, 5.41) is 9.63. The minimum absolute atomic E-state index is 0.0961. The summed E-state index contributed by atoms with van der Waals surface area (Å²) in [4.78, 5) is 8.59. The van der Waals surface area contributed by atoms with Crippen molar-refractivity contribution >= 4 is 11.6 Å². The SMILES string of the molecule is CC(C)(C)c1nc(Cl)cc(Oc2ccccc2CO)n1. The van der Waals surface area contributed by atoms with E-state index < -0.39 is 0 Å². The van der Waals surface area contributed by atoms with Gasteiger partial charge in [0.15, 0.2) is 0 Å². The van der Waals surface area contributed by atoms with Crippen LogP contribution < -0.4 is 4.74 Å². The Morgan fingerprint density at radius 1 is 1.20 bits per heavy atom. The second kappa shape index (κ2) is 5.77. The zero-order valence-electron chi connectivity index (χ0n) is 11.7. The van der Waals surface area contributed by atoms with Crippen LogP contribution in [-0.2, 0) is 12.0 Å². The highest BCUT2D eigenvalue weighted by molar-refractivity contribution is 6.29. The summed E-state index contributed by atoms with van der Waals surface area (Å²) in [5.74, 6) is 1.54. The van der Waals surface area contributed by atoms with E-state index in [2.05, 4.69) is 9.97 Å². The molecule has 0 aliphatic rings. The van der Waals surface area contributed by atoms with Gasteiger partial charge in [0.1, 0.15) is 16.7 Å². The highest BCUT2D eigenvalue weighted by Gasteiger charge is 2.19. The van der Waals surface area contributed by atoms with Crippen molar-refractivity contribution in [3.8, 4) is 11.6 Å². The van der Waals surface area contributed by atoms with Crippen molar-refractivity contribution < 1.29 is 9.84 Å². The van der Waals surface area contributed by atoms with Gasteiger partial charge >= 0.3 is 0 Å². The van der Waals surface area contributed by atoms with Gasteiger partial charge < -0.3 is 9.84 Å². The highest BCUT2D eigenvalue weighted by Crippen LogP contribution is 2.28. The summed E-state index contributed by atoms with van der Waals surface area (Å²) in [6, 6.07) is 8.81. The van der Waals surface area contributed by atoms with Crippen LogP contribution >= 0.6 is 11.6 Å². The van der Waals surface area contributed by atoms with Crippen molar-refractivity contribution in [2.75, 3.05) is 0 Å². The lowest BCUT2D eigenvalue weighted by molar-refractivity contribution is 0.276. The Hall–Kier alpha value is -1.65. The molecule has 0 atom stereocenters. The highest BCUT2D eigenvalue weighted by atomic mass is 35.5. The molecule has 5 heteroatoms. The fourth-order valence-electron chi connectivity index (χ4n) is 1.63. The summed E-state index contributed by atoms with van der Waals surface area (Å²) in [7, 11) is 0. The van der Waals surface area contributed by atoms with Crippen molar-refractivity contribution in [1.82, 2.24) is 9.97 Å². The number of benzene rings is 1. The largest absolute Gasteiger partial charge is 0.438 e. The normalized spacial score (nSPS) is 11.4. The Morgan fingerprint density at radius 2 is 1.90 bits per heavy atom. The third-order valence-corrected chi connectivity index (χ3v) is 2.89. The molecular weight excluding hydrogens is 276 g/mol. The molecule has 0 aliphatic carbocycles. The van der Waals surface area contributed by atoms with Gasteiger partial charge in [0.05, 0.1) is 6.61 Å². The van der Waals surface area contributed by atoms with Crippen LogP contribution in [0.25, 0.3) is 0 Å². The molecule has 0 bridgehead atoms. The van der Waals surface area contributed by atoms with Gasteiger partial charge in [-0.2, -0.15) is 4.98 Å². The molecule has 0 aliphatic heterocycles. The van der Waals surface area contributed by atoms with Crippen LogP contribution in [0.4, 0.5) is 0 Å². The molecule has 1 N–H and O–H groups in total. The Balaban J connectivity index is 2.36. The number of halogens is 1. The molecule has 0 saturated heterocycles. The lowest BCUT2D eigenvalue weighted by atomic mass is 9.96. The predicted molar refractivity (Wildman–Crippen MR) is 78.2 cm³/mol. The summed E-state index contributed by atoms with van der Waals surface area (Å²) >= 11 is 6.02. The van der Waals surface area contributed by atoms with Gasteiger partial charge in [0.2, 0.25) is 5.88 Å².